The average Bonchev–Trinajstić information content (AvgIpc) is 2.45. The molecule has 1 aromatic heterocycles. The molecule has 1 aliphatic rings. The average molecular weight is 340 g/mol. The summed E-state index contributed by atoms with van der Waals surface area (Å²) >= 11 is 0. The second-order valence-electron chi connectivity index (χ2n) is 6.28. The van der Waals surface area contributed by atoms with E-state index in [0.29, 0.717) is 24.6 Å². The summed E-state index contributed by atoms with van der Waals surface area (Å²) < 4.78 is 25.0. The molecule has 1 amide bonds. The Hall–Kier alpha value is -1.54. The van der Waals surface area contributed by atoms with Gasteiger partial charge in [0.1, 0.15) is 17.7 Å². The van der Waals surface area contributed by atoms with Crippen LogP contribution in [0.25, 0.3) is 0 Å². The van der Waals surface area contributed by atoms with Crippen LogP contribution < -0.4 is 5.32 Å². The fourth-order valence-corrected chi connectivity index (χ4v) is 3.81. The summed E-state index contributed by atoms with van der Waals surface area (Å²) in [6, 6.07) is 1.02. The fraction of sp³-hybridized carbons (Fsp3) is 0.667. The maximum Gasteiger partial charge on any atom is 0.243 e. The van der Waals surface area contributed by atoms with Crippen LogP contribution in [0, 0.1) is 6.92 Å². The van der Waals surface area contributed by atoms with E-state index in [4.69, 9.17) is 0 Å². The minimum Gasteiger partial charge on any atom is -0.309 e. The third-order valence-corrected chi connectivity index (χ3v) is 5.11. The van der Waals surface area contributed by atoms with E-state index in [1.165, 1.54) is 4.31 Å². The van der Waals surface area contributed by atoms with Gasteiger partial charge in [-0.05, 0) is 19.8 Å². The molecule has 8 heteroatoms. The van der Waals surface area contributed by atoms with E-state index in [9.17, 15) is 13.2 Å². The summed E-state index contributed by atoms with van der Waals surface area (Å²) in [7, 11) is -3.40. The van der Waals surface area contributed by atoms with Crippen LogP contribution in [0.15, 0.2) is 6.07 Å². The molecule has 1 atom stereocenters. The lowest BCUT2D eigenvalue weighted by atomic mass is 10.0. The molecule has 128 valence electrons. The first-order valence-corrected chi connectivity index (χ1v) is 9.66. The van der Waals surface area contributed by atoms with Gasteiger partial charge in [-0.2, -0.15) is 4.31 Å². The predicted molar refractivity (Wildman–Crippen MR) is 88.7 cm³/mol. The Morgan fingerprint density at radius 3 is 2.65 bits per heavy atom. The molecule has 2 rings (SSSR count). The molecule has 1 fully saturated rings. The van der Waals surface area contributed by atoms with Crippen LogP contribution in [0.4, 0.5) is 5.82 Å². The van der Waals surface area contributed by atoms with Crippen molar-refractivity contribution in [3.63, 3.8) is 0 Å². The number of sulfonamides is 1. The third-order valence-electron chi connectivity index (χ3n) is 3.82. The number of hydrogen-bond donors (Lipinski definition) is 1. The molecule has 7 nitrogen and oxygen atoms in total. The van der Waals surface area contributed by atoms with E-state index in [0.717, 1.165) is 24.8 Å². The van der Waals surface area contributed by atoms with Crippen molar-refractivity contribution in [2.75, 3.05) is 18.1 Å². The van der Waals surface area contributed by atoms with Crippen molar-refractivity contribution in [2.45, 2.75) is 52.0 Å². The topological polar surface area (TPSA) is 92.3 Å². The predicted octanol–water partition coefficient (Wildman–Crippen LogP) is 1.66. The normalized spacial score (nSPS) is 19.8. The van der Waals surface area contributed by atoms with Gasteiger partial charge in [0, 0.05) is 24.2 Å². The van der Waals surface area contributed by atoms with Gasteiger partial charge in [-0.15, -0.1) is 0 Å². The smallest absolute Gasteiger partial charge is 0.243 e. The lowest BCUT2D eigenvalue weighted by Gasteiger charge is -2.32. The van der Waals surface area contributed by atoms with E-state index >= 15 is 0 Å². The fourth-order valence-electron chi connectivity index (χ4n) is 2.69. The summed E-state index contributed by atoms with van der Waals surface area (Å²) in [5.41, 5.74) is 0.766. The number of anilines is 1. The Labute approximate surface area is 137 Å². The van der Waals surface area contributed by atoms with Crippen molar-refractivity contribution in [1.29, 1.82) is 0 Å². The zero-order valence-electron chi connectivity index (χ0n) is 14.0. The SMILES string of the molecule is Cc1cc(NC(=O)[C@@H]2CCCCN2S(C)(=O)=O)nc(C(C)C)n1. The van der Waals surface area contributed by atoms with Gasteiger partial charge in [-0.25, -0.2) is 18.4 Å². The number of amides is 1. The highest BCUT2D eigenvalue weighted by Crippen LogP contribution is 2.21. The van der Waals surface area contributed by atoms with Gasteiger partial charge in [0.2, 0.25) is 15.9 Å². The minimum absolute atomic E-state index is 0.146. The number of hydrogen-bond acceptors (Lipinski definition) is 5. The van der Waals surface area contributed by atoms with Gasteiger partial charge in [-0.1, -0.05) is 20.3 Å². The number of aryl methyl sites for hydroxylation is 1. The molecule has 0 unspecified atom stereocenters. The number of piperidine rings is 1. The molecule has 1 aromatic rings. The van der Waals surface area contributed by atoms with Crippen LogP contribution >= 0.6 is 0 Å². The molecule has 0 radical (unpaired) electrons. The van der Waals surface area contributed by atoms with Gasteiger partial charge >= 0.3 is 0 Å². The lowest BCUT2D eigenvalue weighted by molar-refractivity contribution is -0.120. The zero-order valence-corrected chi connectivity index (χ0v) is 14.9. The Morgan fingerprint density at radius 2 is 2.04 bits per heavy atom. The van der Waals surface area contributed by atoms with Gasteiger partial charge in [0.25, 0.3) is 0 Å². The van der Waals surface area contributed by atoms with Crippen molar-refractivity contribution < 1.29 is 13.2 Å². The molecule has 1 aliphatic heterocycles. The van der Waals surface area contributed by atoms with Crippen LogP contribution in [0.1, 0.15) is 50.5 Å². The number of rotatable bonds is 4. The van der Waals surface area contributed by atoms with Gasteiger partial charge in [0.05, 0.1) is 6.26 Å². The van der Waals surface area contributed by atoms with Crippen molar-refractivity contribution in [3.05, 3.63) is 17.6 Å². The van der Waals surface area contributed by atoms with Crippen molar-refractivity contribution in [1.82, 2.24) is 14.3 Å². The third kappa shape index (κ3) is 4.48. The molecule has 0 aliphatic carbocycles. The van der Waals surface area contributed by atoms with Crippen molar-refractivity contribution in [2.24, 2.45) is 0 Å². The molecule has 1 N–H and O–H groups in total. The van der Waals surface area contributed by atoms with Gasteiger partial charge < -0.3 is 5.32 Å². The van der Waals surface area contributed by atoms with Gasteiger partial charge in [-0.3, -0.25) is 4.79 Å². The monoisotopic (exact) mass is 340 g/mol. The van der Waals surface area contributed by atoms with E-state index in [-0.39, 0.29) is 11.8 Å². The Morgan fingerprint density at radius 1 is 1.35 bits per heavy atom. The molecular formula is C15H24N4O3S. The number of aromatic nitrogens is 2. The molecule has 0 spiro atoms. The molecule has 0 bridgehead atoms. The molecule has 2 heterocycles. The van der Waals surface area contributed by atoms with Crippen LogP contribution in [-0.2, 0) is 14.8 Å². The molecule has 23 heavy (non-hydrogen) atoms. The number of nitrogens with zero attached hydrogens (tertiary/aromatic N) is 3. The van der Waals surface area contributed by atoms with Crippen LogP contribution in [0.5, 0.6) is 0 Å². The van der Waals surface area contributed by atoms with Crippen molar-refractivity contribution >= 4 is 21.7 Å². The van der Waals surface area contributed by atoms with Crippen LogP contribution in [-0.4, -0.2) is 47.4 Å². The van der Waals surface area contributed by atoms with E-state index in [2.05, 4.69) is 15.3 Å². The lowest BCUT2D eigenvalue weighted by Crippen LogP contribution is -2.49. The second kappa shape index (κ2) is 6.92. The number of carbonyl (C=O) groups is 1. The van der Waals surface area contributed by atoms with Gasteiger partial charge in [0.15, 0.2) is 0 Å². The first-order chi connectivity index (χ1) is 10.7. The standard InChI is InChI=1S/C15H24N4O3S/c1-10(2)14-16-11(3)9-13(17-14)18-15(20)12-7-5-6-8-19(12)23(4,21)22/h9-10,12H,5-8H2,1-4H3,(H,16,17,18,20)/t12-/m0/s1. The largest absolute Gasteiger partial charge is 0.309 e. The Balaban J connectivity index is 2.20. The van der Waals surface area contributed by atoms with E-state index < -0.39 is 16.1 Å². The highest BCUT2D eigenvalue weighted by molar-refractivity contribution is 7.88. The zero-order chi connectivity index (χ0) is 17.2. The maximum atomic E-state index is 12.5. The quantitative estimate of drug-likeness (QED) is 0.900. The summed E-state index contributed by atoms with van der Waals surface area (Å²) in [6.07, 6.45) is 3.29. The second-order valence-corrected chi connectivity index (χ2v) is 8.22. The first kappa shape index (κ1) is 17.8. The van der Waals surface area contributed by atoms with E-state index in [1.54, 1.807) is 6.07 Å². The maximum absolute atomic E-state index is 12.5. The number of nitrogens with one attached hydrogen (secondary N) is 1. The molecule has 0 aromatic carbocycles. The molecular weight excluding hydrogens is 316 g/mol. The first-order valence-electron chi connectivity index (χ1n) is 7.81. The van der Waals surface area contributed by atoms with Crippen LogP contribution in [0.3, 0.4) is 0 Å². The highest BCUT2D eigenvalue weighted by Gasteiger charge is 2.34. The Kier molecular flexibility index (Phi) is 5.36. The highest BCUT2D eigenvalue weighted by atomic mass is 32.2. The summed E-state index contributed by atoms with van der Waals surface area (Å²) in [4.78, 5) is 21.2. The minimum atomic E-state index is -3.40. The summed E-state index contributed by atoms with van der Waals surface area (Å²) in [5.74, 6) is 0.893. The van der Waals surface area contributed by atoms with E-state index in [1.807, 2.05) is 20.8 Å². The summed E-state index contributed by atoms with van der Waals surface area (Å²) in [5, 5.41) is 2.75. The molecule has 1 saturated heterocycles. The number of carbonyl (C=O) groups excluding carboxylic acids is 1. The Bertz CT molecular complexity index is 688. The van der Waals surface area contributed by atoms with Crippen LogP contribution in [0.2, 0.25) is 0 Å². The van der Waals surface area contributed by atoms with Crippen molar-refractivity contribution in [3.8, 4) is 0 Å². The summed E-state index contributed by atoms with van der Waals surface area (Å²) in [6.45, 7) is 6.18. The molecule has 0 saturated carbocycles.